The zero-order chi connectivity index (χ0) is 12.0. The number of nitro benzene ring substituents is 1. The summed E-state index contributed by atoms with van der Waals surface area (Å²) in [4.78, 5) is 10.2. The maximum Gasteiger partial charge on any atom is 0.311 e. The summed E-state index contributed by atoms with van der Waals surface area (Å²) in [6.45, 7) is 0.586. The Morgan fingerprint density at radius 3 is 2.81 bits per heavy atom. The molecule has 16 heavy (non-hydrogen) atoms. The Morgan fingerprint density at radius 1 is 1.50 bits per heavy atom. The number of nitrogens with zero attached hydrogens (tertiary/aromatic N) is 1. The lowest BCUT2D eigenvalue weighted by atomic mass is 10.2. The van der Waals surface area contributed by atoms with Gasteiger partial charge in [-0.25, -0.2) is 0 Å². The number of rotatable bonds is 6. The van der Waals surface area contributed by atoms with E-state index in [0.717, 1.165) is 0 Å². The van der Waals surface area contributed by atoms with E-state index in [0.29, 0.717) is 25.1 Å². The van der Waals surface area contributed by atoms with Gasteiger partial charge in [0.2, 0.25) is 0 Å². The van der Waals surface area contributed by atoms with Gasteiger partial charge < -0.3 is 15.6 Å². The van der Waals surface area contributed by atoms with Crippen LogP contribution in [0.1, 0.15) is 12.0 Å². The van der Waals surface area contributed by atoms with Crippen LogP contribution in [0, 0.1) is 10.1 Å². The summed E-state index contributed by atoms with van der Waals surface area (Å²) >= 11 is 0. The predicted octanol–water partition coefficient (Wildman–Crippen LogP) is 0.815. The van der Waals surface area contributed by atoms with Crippen molar-refractivity contribution in [3.05, 3.63) is 33.9 Å². The van der Waals surface area contributed by atoms with Gasteiger partial charge in [0.05, 0.1) is 18.1 Å². The summed E-state index contributed by atoms with van der Waals surface area (Å²) in [7, 11) is 0. The highest BCUT2D eigenvalue weighted by molar-refractivity contribution is 5.48. The summed E-state index contributed by atoms with van der Waals surface area (Å²) in [6, 6.07) is 4.38. The fourth-order valence-corrected chi connectivity index (χ4v) is 1.19. The van der Waals surface area contributed by atoms with Gasteiger partial charge in [0.1, 0.15) is 0 Å². The van der Waals surface area contributed by atoms with Crippen LogP contribution in [0.3, 0.4) is 0 Å². The quantitative estimate of drug-likeness (QED) is 0.425. The monoisotopic (exact) mass is 226 g/mol. The molecule has 6 nitrogen and oxygen atoms in total. The molecule has 0 aliphatic heterocycles. The van der Waals surface area contributed by atoms with E-state index in [1.807, 2.05) is 0 Å². The Hall–Kier alpha value is -1.66. The Bertz CT molecular complexity index is 368. The van der Waals surface area contributed by atoms with Gasteiger partial charge in [-0.3, -0.25) is 10.1 Å². The molecule has 0 radical (unpaired) electrons. The molecule has 1 aromatic rings. The first-order chi connectivity index (χ1) is 7.69. The molecule has 6 heteroatoms. The normalized spacial score (nSPS) is 10.1. The number of hydrogen-bond acceptors (Lipinski definition) is 5. The van der Waals surface area contributed by atoms with E-state index in [1.165, 1.54) is 12.1 Å². The van der Waals surface area contributed by atoms with Gasteiger partial charge in [0.15, 0.2) is 5.75 Å². The highest BCUT2D eigenvalue weighted by atomic mass is 16.6. The van der Waals surface area contributed by atoms with Crippen LogP contribution in [0.15, 0.2) is 18.2 Å². The first kappa shape index (κ1) is 12.4. The van der Waals surface area contributed by atoms with Crippen LogP contribution >= 0.6 is 0 Å². The van der Waals surface area contributed by atoms with Crippen LogP contribution in [0.2, 0.25) is 0 Å². The number of hydrogen-bond donors (Lipinski definition) is 2. The van der Waals surface area contributed by atoms with E-state index in [-0.39, 0.29) is 18.0 Å². The zero-order valence-electron chi connectivity index (χ0n) is 8.76. The number of aliphatic hydroxyl groups excluding tert-OH is 1. The van der Waals surface area contributed by atoms with Crippen molar-refractivity contribution in [2.24, 2.45) is 5.73 Å². The number of ether oxygens (including phenoxy) is 1. The van der Waals surface area contributed by atoms with Gasteiger partial charge in [-0.1, -0.05) is 6.07 Å². The summed E-state index contributed by atoms with van der Waals surface area (Å²) in [5.41, 5.74) is 5.64. The van der Waals surface area contributed by atoms with E-state index in [4.69, 9.17) is 15.6 Å². The van der Waals surface area contributed by atoms with Gasteiger partial charge in [0.25, 0.3) is 0 Å². The second-order valence-electron chi connectivity index (χ2n) is 3.21. The van der Waals surface area contributed by atoms with E-state index in [1.54, 1.807) is 6.07 Å². The lowest BCUT2D eigenvalue weighted by Gasteiger charge is -2.06. The summed E-state index contributed by atoms with van der Waals surface area (Å²) < 4.78 is 5.24. The minimum absolute atomic E-state index is 0.136. The lowest BCUT2D eigenvalue weighted by Crippen LogP contribution is -2.07. The number of aliphatic hydroxyl groups is 1. The van der Waals surface area contributed by atoms with E-state index in [2.05, 4.69) is 0 Å². The maximum absolute atomic E-state index is 10.7. The summed E-state index contributed by atoms with van der Waals surface area (Å²) in [5, 5.41) is 19.6. The molecule has 0 aliphatic carbocycles. The molecule has 1 aromatic carbocycles. The molecule has 88 valence electrons. The van der Waals surface area contributed by atoms with Crippen molar-refractivity contribution in [3.8, 4) is 5.75 Å². The predicted molar refractivity (Wildman–Crippen MR) is 58.2 cm³/mol. The SMILES string of the molecule is NCCCOc1ccc(CO)cc1[N+](=O)[O-]. The highest BCUT2D eigenvalue weighted by Gasteiger charge is 2.15. The molecule has 3 N–H and O–H groups in total. The van der Waals surface area contributed by atoms with Gasteiger partial charge >= 0.3 is 5.69 Å². The summed E-state index contributed by atoms with van der Waals surface area (Å²) in [5.74, 6) is 0.204. The molecule has 0 heterocycles. The smallest absolute Gasteiger partial charge is 0.311 e. The number of nitrogens with two attached hydrogens (primary N) is 1. The topological polar surface area (TPSA) is 98.6 Å². The second kappa shape index (κ2) is 6.04. The highest BCUT2D eigenvalue weighted by Crippen LogP contribution is 2.27. The molecule has 0 aromatic heterocycles. The van der Waals surface area contributed by atoms with Crippen LogP contribution < -0.4 is 10.5 Å². The van der Waals surface area contributed by atoms with Crippen molar-refractivity contribution >= 4 is 5.69 Å². The first-order valence-corrected chi connectivity index (χ1v) is 4.90. The van der Waals surface area contributed by atoms with Crippen molar-refractivity contribution < 1.29 is 14.8 Å². The molecule has 0 saturated carbocycles. The van der Waals surface area contributed by atoms with Gasteiger partial charge in [-0.2, -0.15) is 0 Å². The van der Waals surface area contributed by atoms with E-state index >= 15 is 0 Å². The fraction of sp³-hybridized carbons (Fsp3) is 0.400. The molecule has 0 atom stereocenters. The molecule has 1 rings (SSSR count). The molecular formula is C10H14N2O4. The third-order valence-corrected chi connectivity index (χ3v) is 2.01. The van der Waals surface area contributed by atoms with Crippen LogP contribution in [0.25, 0.3) is 0 Å². The molecule has 0 amide bonds. The molecule has 0 unspecified atom stereocenters. The van der Waals surface area contributed by atoms with Gasteiger partial charge in [0, 0.05) is 6.07 Å². The Morgan fingerprint density at radius 2 is 2.25 bits per heavy atom. The largest absolute Gasteiger partial charge is 0.487 e. The van der Waals surface area contributed by atoms with Crippen molar-refractivity contribution in [2.75, 3.05) is 13.2 Å². The fourth-order valence-electron chi connectivity index (χ4n) is 1.19. The molecular weight excluding hydrogens is 212 g/mol. The molecule has 0 spiro atoms. The van der Waals surface area contributed by atoms with Crippen LogP contribution in [0.5, 0.6) is 5.75 Å². The van der Waals surface area contributed by atoms with Crippen molar-refractivity contribution in [3.63, 3.8) is 0 Å². The third kappa shape index (κ3) is 3.18. The van der Waals surface area contributed by atoms with Crippen molar-refractivity contribution in [1.29, 1.82) is 0 Å². The first-order valence-electron chi connectivity index (χ1n) is 4.90. The Kier molecular flexibility index (Phi) is 4.68. The molecule has 0 fully saturated rings. The van der Waals surface area contributed by atoms with E-state index in [9.17, 15) is 10.1 Å². The van der Waals surface area contributed by atoms with Gasteiger partial charge in [-0.15, -0.1) is 0 Å². The zero-order valence-corrected chi connectivity index (χ0v) is 8.76. The van der Waals surface area contributed by atoms with Crippen molar-refractivity contribution in [2.45, 2.75) is 13.0 Å². The second-order valence-corrected chi connectivity index (χ2v) is 3.21. The minimum atomic E-state index is -0.531. The molecule has 0 saturated heterocycles. The average molecular weight is 226 g/mol. The third-order valence-electron chi connectivity index (χ3n) is 2.01. The lowest BCUT2D eigenvalue weighted by molar-refractivity contribution is -0.386. The molecule has 0 aliphatic rings. The standard InChI is InChI=1S/C10H14N2O4/c11-4-1-5-16-10-3-2-8(7-13)6-9(10)12(14)15/h2-3,6,13H,1,4-5,7,11H2. The Labute approximate surface area is 92.8 Å². The maximum atomic E-state index is 10.7. The van der Waals surface area contributed by atoms with E-state index < -0.39 is 4.92 Å². The van der Waals surface area contributed by atoms with Crippen LogP contribution in [-0.4, -0.2) is 23.2 Å². The minimum Gasteiger partial charge on any atom is -0.487 e. The van der Waals surface area contributed by atoms with Crippen LogP contribution in [0.4, 0.5) is 5.69 Å². The number of benzene rings is 1. The van der Waals surface area contributed by atoms with Crippen LogP contribution in [-0.2, 0) is 6.61 Å². The number of nitro groups is 1. The molecule has 0 bridgehead atoms. The summed E-state index contributed by atoms with van der Waals surface area (Å²) in [6.07, 6.45) is 0.638. The Balaban J connectivity index is 2.85. The van der Waals surface area contributed by atoms with Gasteiger partial charge in [-0.05, 0) is 24.6 Å². The average Bonchev–Trinajstić information content (AvgIpc) is 2.29. The van der Waals surface area contributed by atoms with Crippen molar-refractivity contribution in [1.82, 2.24) is 0 Å².